The molecule has 0 spiro atoms. The van der Waals surface area contributed by atoms with E-state index in [2.05, 4.69) is 15.5 Å². The number of hydrogen-bond donors (Lipinski definition) is 1. The van der Waals surface area contributed by atoms with Crippen molar-refractivity contribution < 1.29 is 14.1 Å². The van der Waals surface area contributed by atoms with Gasteiger partial charge in [0.25, 0.3) is 11.8 Å². The fourth-order valence-electron chi connectivity index (χ4n) is 1.31. The molecule has 0 fully saturated rings. The number of amides is 1. The molecule has 1 aromatic heterocycles. The average Bonchev–Trinajstić information content (AvgIpc) is 2.77. The van der Waals surface area contributed by atoms with Crippen molar-refractivity contribution in [3.05, 3.63) is 24.3 Å². The number of nitrogens with zero attached hydrogens (tertiary/aromatic N) is 2. The lowest BCUT2D eigenvalue weighted by Crippen LogP contribution is -2.06. The Labute approximate surface area is 97.6 Å². The van der Waals surface area contributed by atoms with Gasteiger partial charge in [-0.05, 0) is 23.4 Å². The van der Waals surface area contributed by atoms with E-state index >= 15 is 0 Å². The molecule has 6 nitrogen and oxygen atoms in total. The average molecular weight is 233 g/mol. The maximum absolute atomic E-state index is 10.8. The first-order valence-corrected chi connectivity index (χ1v) is 4.95. The zero-order chi connectivity index (χ0) is 12.3. The Morgan fingerprint density at radius 2 is 2.29 bits per heavy atom. The number of methoxy groups -OCH3 is 1. The summed E-state index contributed by atoms with van der Waals surface area (Å²) >= 11 is 0. The minimum absolute atomic E-state index is 0.148. The number of carbonyl (C=O) groups is 1. The van der Waals surface area contributed by atoms with Gasteiger partial charge in [-0.2, -0.15) is 4.98 Å². The van der Waals surface area contributed by atoms with E-state index in [9.17, 15) is 4.79 Å². The molecule has 0 atom stereocenters. The van der Waals surface area contributed by atoms with Crippen molar-refractivity contribution >= 4 is 11.9 Å². The van der Waals surface area contributed by atoms with Crippen LogP contribution < -0.4 is 10.1 Å². The van der Waals surface area contributed by atoms with Gasteiger partial charge >= 0.3 is 0 Å². The minimum atomic E-state index is -0.247. The number of anilines is 1. The third kappa shape index (κ3) is 2.60. The predicted molar refractivity (Wildman–Crippen MR) is 60.6 cm³/mol. The molecule has 0 aliphatic rings. The Kier molecular flexibility index (Phi) is 3.04. The number of nitrogens with one attached hydrogen (secondary N) is 1. The molecule has 1 heterocycles. The highest BCUT2D eigenvalue weighted by Crippen LogP contribution is 2.22. The molecule has 0 aliphatic carbocycles. The van der Waals surface area contributed by atoms with Crippen LogP contribution in [0.15, 0.2) is 28.8 Å². The van der Waals surface area contributed by atoms with E-state index in [0.29, 0.717) is 11.6 Å². The third-order valence-corrected chi connectivity index (χ3v) is 2.03. The molecule has 0 saturated heterocycles. The highest BCUT2D eigenvalue weighted by molar-refractivity contribution is 5.86. The minimum Gasteiger partial charge on any atom is -0.497 e. The van der Waals surface area contributed by atoms with Crippen molar-refractivity contribution in [2.45, 2.75) is 6.92 Å². The van der Waals surface area contributed by atoms with Crippen molar-refractivity contribution in [2.24, 2.45) is 0 Å². The second-order valence-electron chi connectivity index (χ2n) is 3.34. The Bertz CT molecular complexity index is 536. The first kappa shape index (κ1) is 11.1. The molecule has 2 aromatic rings. The summed E-state index contributed by atoms with van der Waals surface area (Å²) in [6, 6.07) is 7.21. The van der Waals surface area contributed by atoms with Gasteiger partial charge in [0.1, 0.15) is 5.75 Å². The molecule has 1 amide bonds. The van der Waals surface area contributed by atoms with Gasteiger partial charge in [-0.3, -0.25) is 10.1 Å². The van der Waals surface area contributed by atoms with Gasteiger partial charge in [0.2, 0.25) is 5.91 Å². The molecule has 2 rings (SSSR count). The van der Waals surface area contributed by atoms with Gasteiger partial charge < -0.3 is 9.26 Å². The van der Waals surface area contributed by atoms with E-state index in [4.69, 9.17) is 9.26 Å². The van der Waals surface area contributed by atoms with Crippen molar-refractivity contribution in [3.8, 4) is 17.2 Å². The number of ether oxygens (including phenoxy) is 1. The molecular weight excluding hydrogens is 222 g/mol. The fourth-order valence-corrected chi connectivity index (χ4v) is 1.31. The standard InChI is InChI=1S/C11H11N3O3/c1-7(15)12-11-13-10(17-14-11)8-4-3-5-9(6-8)16-2/h3-6H,1-2H3,(H,12,14,15). The number of rotatable bonds is 3. The van der Waals surface area contributed by atoms with Crippen LogP contribution in [0, 0.1) is 0 Å². The summed E-state index contributed by atoms with van der Waals surface area (Å²) < 4.78 is 10.1. The van der Waals surface area contributed by atoms with Crippen LogP contribution in [0.1, 0.15) is 6.92 Å². The maximum Gasteiger partial charge on any atom is 0.270 e. The zero-order valence-corrected chi connectivity index (χ0v) is 9.43. The number of aromatic nitrogens is 2. The van der Waals surface area contributed by atoms with E-state index in [1.807, 2.05) is 18.2 Å². The Morgan fingerprint density at radius 1 is 1.47 bits per heavy atom. The summed E-state index contributed by atoms with van der Waals surface area (Å²) in [5.41, 5.74) is 0.730. The van der Waals surface area contributed by atoms with Gasteiger partial charge in [0.15, 0.2) is 0 Å². The smallest absolute Gasteiger partial charge is 0.270 e. The van der Waals surface area contributed by atoms with Gasteiger partial charge in [-0.25, -0.2) is 0 Å². The van der Waals surface area contributed by atoms with Crippen molar-refractivity contribution in [3.63, 3.8) is 0 Å². The van der Waals surface area contributed by atoms with E-state index < -0.39 is 0 Å². The first-order valence-electron chi connectivity index (χ1n) is 4.95. The topological polar surface area (TPSA) is 77.2 Å². The molecule has 1 aromatic carbocycles. The van der Waals surface area contributed by atoms with Gasteiger partial charge in [-0.15, -0.1) is 0 Å². The molecule has 0 radical (unpaired) electrons. The summed E-state index contributed by atoms with van der Waals surface area (Å²) in [6.45, 7) is 1.38. The second kappa shape index (κ2) is 4.65. The molecule has 0 aliphatic heterocycles. The van der Waals surface area contributed by atoms with Crippen molar-refractivity contribution in [2.75, 3.05) is 12.4 Å². The Morgan fingerprint density at radius 3 is 3.00 bits per heavy atom. The van der Waals surface area contributed by atoms with Crippen molar-refractivity contribution in [1.82, 2.24) is 10.1 Å². The van der Waals surface area contributed by atoms with Crippen LogP contribution in [0.2, 0.25) is 0 Å². The van der Waals surface area contributed by atoms with E-state index in [1.54, 1.807) is 13.2 Å². The second-order valence-corrected chi connectivity index (χ2v) is 3.34. The first-order chi connectivity index (χ1) is 8.19. The van der Waals surface area contributed by atoms with E-state index in [1.165, 1.54) is 6.92 Å². The quantitative estimate of drug-likeness (QED) is 0.873. The number of carbonyl (C=O) groups excluding carboxylic acids is 1. The molecule has 0 bridgehead atoms. The lowest BCUT2D eigenvalue weighted by molar-refractivity contribution is -0.114. The molecule has 0 saturated carbocycles. The van der Waals surface area contributed by atoms with Crippen LogP contribution in [0.4, 0.5) is 5.95 Å². The Balaban J connectivity index is 2.26. The van der Waals surface area contributed by atoms with Crippen LogP contribution in [-0.4, -0.2) is 23.2 Å². The van der Waals surface area contributed by atoms with Gasteiger partial charge in [-0.1, -0.05) is 6.07 Å². The molecule has 1 N–H and O–H groups in total. The molecule has 0 unspecified atom stereocenters. The SMILES string of the molecule is COc1cccc(-c2nc(NC(C)=O)no2)c1. The third-order valence-electron chi connectivity index (χ3n) is 2.03. The van der Waals surface area contributed by atoms with E-state index in [-0.39, 0.29) is 11.9 Å². The summed E-state index contributed by atoms with van der Waals surface area (Å²) in [5, 5.41) is 6.07. The normalized spacial score (nSPS) is 10.0. The van der Waals surface area contributed by atoms with Gasteiger partial charge in [0, 0.05) is 12.5 Å². The predicted octanol–water partition coefficient (Wildman–Crippen LogP) is 1.70. The largest absolute Gasteiger partial charge is 0.497 e. The Hall–Kier alpha value is -2.37. The van der Waals surface area contributed by atoms with Crippen LogP contribution in [0.3, 0.4) is 0 Å². The van der Waals surface area contributed by atoms with Crippen LogP contribution in [0.25, 0.3) is 11.5 Å². The highest BCUT2D eigenvalue weighted by Gasteiger charge is 2.09. The van der Waals surface area contributed by atoms with Crippen LogP contribution in [0.5, 0.6) is 5.75 Å². The summed E-state index contributed by atoms with van der Waals surface area (Å²) in [5.74, 6) is 0.924. The zero-order valence-electron chi connectivity index (χ0n) is 9.43. The summed E-state index contributed by atoms with van der Waals surface area (Å²) in [4.78, 5) is 14.8. The maximum atomic E-state index is 10.8. The van der Waals surface area contributed by atoms with Gasteiger partial charge in [0.05, 0.1) is 7.11 Å². The fraction of sp³-hybridized carbons (Fsp3) is 0.182. The number of benzene rings is 1. The lowest BCUT2D eigenvalue weighted by atomic mass is 10.2. The summed E-state index contributed by atoms with van der Waals surface area (Å²) in [7, 11) is 1.58. The van der Waals surface area contributed by atoms with E-state index in [0.717, 1.165) is 5.56 Å². The molecule has 17 heavy (non-hydrogen) atoms. The summed E-state index contributed by atoms with van der Waals surface area (Å²) in [6.07, 6.45) is 0. The lowest BCUT2D eigenvalue weighted by Gasteiger charge is -1.99. The molecule has 6 heteroatoms. The van der Waals surface area contributed by atoms with Crippen molar-refractivity contribution in [1.29, 1.82) is 0 Å². The monoisotopic (exact) mass is 233 g/mol. The molecule has 88 valence electrons. The van der Waals surface area contributed by atoms with Crippen LogP contribution in [-0.2, 0) is 4.79 Å². The number of hydrogen-bond acceptors (Lipinski definition) is 5. The van der Waals surface area contributed by atoms with Crippen LogP contribution >= 0.6 is 0 Å². The highest BCUT2D eigenvalue weighted by atomic mass is 16.5. The molecular formula is C11H11N3O3.